The highest BCUT2D eigenvalue weighted by atomic mass is 32.2. The Labute approximate surface area is 211 Å². The number of hydrogen-bond acceptors (Lipinski definition) is 7. The highest BCUT2D eigenvalue weighted by molar-refractivity contribution is 7.89. The second kappa shape index (κ2) is 11.4. The summed E-state index contributed by atoms with van der Waals surface area (Å²) >= 11 is 0. The Kier molecular flexibility index (Phi) is 8.55. The largest absolute Gasteiger partial charge is 0.492 e. The van der Waals surface area contributed by atoms with Gasteiger partial charge in [-0.3, -0.25) is 4.79 Å². The summed E-state index contributed by atoms with van der Waals surface area (Å²) in [6.07, 6.45) is -0.462. The molecule has 36 heavy (non-hydrogen) atoms. The summed E-state index contributed by atoms with van der Waals surface area (Å²) in [5.74, 6) is 0.170. The topological polar surface area (TPSA) is 129 Å². The van der Waals surface area contributed by atoms with Crippen LogP contribution in [0.15, 0.2) is 53.4 Å². The van der Waals surface area contributed by atoms with Gasteiger partial charge in [0.25, 0.3) is 5.91 Å². The van der Waals surface area contributed by atoms with Gasteiger partial charge in [-0.25, -0.2) is 13.2 Å². The monoisotopic (exact) mass is 514 g/mol. The molecule has 1 saturated heterocycles. The number of sulfonamides is 1. The van der Waals surface area contributed by atoms with Crippen molar-refractivity contribution < 1.29 is 27.5 Å². The first kappa shape index (κ1) is 27.0. The molecule has 0 aromatic heterocycles. The molecule has 1 fully saturated rings. The van der Waals surface area contributed by atoms with Crippen molar-refractivity contribution in [3.8, 4) is 11.8 Å². The lowest BCUT2D eigenvalue weighted by atomic mass is 10.2. The van der Waals surface area contributed by atoms with Gasteiger partial charge in [-0.1, -0.05) is 6.07 Å². The summed E-state index contributed by atoms with van der Waals surface area (Å²) in [6.45, 7) is 6.55. The molecule has 0 atom stereocenters. The molecule has 11 heteroatoms. The highest BCUT2D eigenvalue weighted by Gasteiger charge is 2.32. The minimum absolute atomic E-state index is 0.0745. The van der Waals surface area contributed by atoms with Gasteiger partial charge in [0.15, 0.2) is 0 Å². The quantitative estimate of drug-likeness (QED) is 0.562. The van der Waals surface area contributed by atoms with Crippen molar-refractivity contribution in [2.24, 2.45) is 0 Å². The lowest BCUT2D eigenvalue weighted by Crippen LogP contribution is -2.51. The van der Waals surface area contributed by atoms with Crippen LogP contribution in [0, 0.1) is 11.3 Å². The van der Waals surface area contributed by atoms with Gasteiger partial charge in [0, 0.05) is 31.7 Å². The van der Waals surface area contributed by atoms with Crippen molar-refractivity contribution in [1.29, 1.82) is 5.26 Å². The third-order valence-corrected chi connectivity index (χ3v) is 7.18. The lowest BCUT2D eigenvalue weighted by Gasteiger charge is -2.35. The van der Waals surface area contributed by atoms with E-state index in [1.165, 1.54) is 33.5 Å². The second-order valence-corrected chi connectivity index (χ2v) is 11.1. The molecule has 1 aliphatic rings. The molecule has 0 bridgehead atoms. The number of rotatable bonds is 7. The van der Waals surface area contributed by atoms with Crippen LogP contribution in [-0.4, -0.2) is 74.6 Å². The smallest absolute Gasteiger partial charge is 0.410 e. The molecule has 2 aromatic carbocycles. The van der Waals surface area contributed by atoms with Crippen molar-refractivity contribution in [3.05, 3.63) is 59.7 Å². The number of carbonyl (C=O) groups excluding carboxylic acids is 2. The van der Waals surface area contributed by atoms with Crippen molar-refractivity contribution in [1.82, 2.24) is 14.5 Å². The van der Waals surface area contributed by atoms with E-state index in [2.05, 4.69) is 5.32 Å². The van der Waals surface area contributed by atoms with E-state index in [-0.39, 0.29) is 50.1 Å². The fraction of sp³-hybridized carbons (Fsp3) is 0.400. The average Bonchev–Trinajstić information content (AvgIpc) is 2.85. The fourth-order valence-corrected chi connectivity index (χ4v) is 4.88. The van der Waals surface area contributed by atoms with Gasteiger partial charge < -0.3 is 19.7 Å². The van der Waals surface area contributed by atoms with Crippen LogP contribution in [0.25, 0.3) is 0 Å². The van der Waals surface area contributed by atoms with Gasteiger partial charge >= 0.3 is 6.09 Å². The number of nitrogens with zero attached hydrogens (tertiary/aromatic N) is 3. The van der Waals surface area contributed by atoms with E-state index in [0.717, 1.165) is 0 Å². The van der Waals surface area contributed by atoms with E-state index in [4.69, 9.17) is 14.7 Å². The van der Waals surface area contributed by atoms with E-state index in [1.54, 1.807) is 45.0 Å². The van der Waals surface area contributed by atoms with Crippen LogP contribution in [0.1, 0.15) is 36.7 Å². The molecule has 1 heterocycles. The van der Waals surface area contributed by atoms with Crippen molar-refractivity contribution in [3.63, 3.8) is 0 Å². The van der Waals surface area contributed by atoms with Gasteiger partial charge in [0.05, 0.1) is 23.1 Å². The molecule has 0 unspecified atom stereocenters. The van der Waals surface area contributed by atoms with E-state index in [9.17, 15) is 18.0 Å². The number of amides is 2. The zero-order chi connectivity index (χ0) is 26.3. The first-order valence-electron chi connectivity index (χ1n) is 11.5. The summed E-state index contributed by atoms with van der Waals surface area (Å²) in [5.41, 5.74) is 0.178. The van der Waals surface area contributed by atoms with Gasteiger partial charge in [-0.05, 0) is 63.2 Å². The SMILES string of the molecule is CC(C)(C)OC(=O)N1CCN(S(=O)(=O)c2ccc(C(=O)NCCOc3cccc(C#N)c3)cc2)CC1. The Bertz CT molecular complexity index is 1220. The lowest BCUT2D eigenvalue weighted by molar-refractivity contribution is 0.0192. The second-order valence-electron chi connectivity index (χ2n) is 9.14. The predicted octanol–water partition coefficient (Wildman–Crippen LogP) is 2.61. The summed E-state index contributed by atoms with van der Waals surface area (Å²) in [4.78, 5) is 26.2. The molecule has 1 N–H and O–H groups in total. The average molecular weight is 515 g/mol. The molecule has 0 saturated carbocycles. The number of carbonyl (C=O) groups is 2. The first-order chi connectivity index (χ1) is 17.0. The van der Waals surface area contributed by atoms with E-state index in [1.807, 2.05) is 6.07 Å². The van der Waals surface area contributed by atoms with Gasteiger partial charge in [-0.15, -0.1) is 0 Å². The zero-order valence-electron chi connectivity index (χ0n) is 20.6. The van der Waals surface area contributed by atoms with E-state index in [0.29, 0.717) is 16.9 Å². The van der Waals surface area contributed by atoms with Gasteiger partial charge in [0.2, 0.25) is 10.0 Å². The van der Waals surface area contributed by atoms with Crippen LogP contribution in [0.5, 0.6) is 5.75 Å². The number of ether oxygens (including phenoxy) is 2. The third-order valence-electron chi connectivity index (χ3n) is 5.26. The maximum Gasteiger partial charge on any atom is 0.410 e. The van der Waals surface area contributed by atoms with Crippen LogP contribution < -0.4 is 10.1 Å². The Hall–Kier alpha value is -3.62. The van der Waals surface area contributed by atoms with Gasteiger partial charge in [0.1, 0.15) is 18.0 Å². The summed E-state index contributed by atoms with van der Waals surface area (Å²) < 4.78 is 38.2. The minimum atomic E-state index is -3.77. The van der Waals surface area contributed by atoms with Crippen LogP contribution in [-0.2, 0) is 14.8 Å². The molecule has 2 aromatic rings. The summed E-state index contributed by atoms with van der Waals surface area (Å²) in [7, 11) is -3.77. The maximum atomic E-state index is 13.0. The van der Waals surface area contributed by atoms with Crippen LogP contribution in [0.4, 0.5) is 4.79 Å². The highest BCUT2D eigenvalue weighted by Crippen LogP contribution is 2.20. The molecule has 1 aliphatic heterocycles. The summed E-state index contributed by atoms with van der Waals surface area (Å²) in [6, 6.07) is 14.4. The Morgan fingerprint density at radius 1 is 1.06 bits per heavy atom. The Balaban J connectivity index is 1.50. The van der Waals surface area contributed by atoms with Crippen molar-refractivity contribution >= 4 is 22.0 Å². The van der Waals surface area contributed by atoms with E-state index < -0.39 is 21.7 Å². The summed E-state index contributed by atoms with van der Waals surface area (Å²) in [5, 5.41) is 11.6. The normalized spacial score (nSPS) is 14.6. The van der Waals surface area contributed by atoms with Crippen LogP contribution in [0.2, 0.25) is 0 Å². The van der Waals surface area contributed by atoms with E-state index >= 15 is 0 Å². The standard InChI is InChI=1S/C25H30N4O6S/c1-25(2,3)35-24(31)28-12-14-29(15-13-28)36(32,33)22-9-7-20(8-10-22)23(30)27-11-16-34-21-6-4-5-19(17-21)18-26/h4-10,17H,11-16H2,1-3H3,(H,27,30). The number of nitriles is 1. The Morgan fingerprint density at radius 3 is 2.33 bits per heavy atom. The Morgan fingerprint density at radius 2 is 1.72 bits per heavy atom. The molecule has 0 aliphatic carbocycles. The number of piperazine rings is 1. The molecular formula is C25H30N4O6S. The first-order valence-corrected chi connectivity index (χ1v) is 12.9. The van der Waals surface area contributed by atoms with Crippen molar-refractivity contribution in [2.75, 3.05) is 39.3 Å². The molecule has 0 spiro atoms. The number of nitrogens with one attached hydrogen (secondary N) is 1. The molecule has 3 rings (SSSR count). The van der Waals surface area contributed by atoms with Crippen LogP contribution in [0.3, 0.4) is 0 Å². The maximum absolute atomic E-state index is 13.0. The number of hydrogen-bond donors (Lipinski definition) is 1. The third kappa shape index (κ3) is 7.19. The predicted molar refractivity (Wildman–Crippen MR) is 132 cm³/mol. The molecule has 10 nitrogen and oxygen atoms in total. The van der Waals surface area contributed by atoms with Crippen LogP contribution >= 0.6 is 0 Å². The van der Waals surface area contributed by atoms with Gasteiger partial charge in [-0.2, -0.15) is 9.57 Å². The molecule has 2 amide bonds. The molecule has 0 radical (unpaired) electrons. The number of benzene rings is 2. The van der Waals surface area contributed by atoms with Crippen molar-refractivity contribution in [2.45, 2.75) is 31.3 Å². The minimum Gasteiger partial charge on any atom is -0.492 e. The molecular weight excluding hydrogens is 484 g/mol. The molecule has 192 valence electrons. The fourth-order valence-electron chi connectivity index (χ4n) is 3.46. The zero-order valence-corrected chi connectivity index (χ0v) is 21.4.